The summed E-state index contributed by atoms with van der Waals surface area (Å²) in [4.78, 5) is 16.1. The maximum Gasteiger partial charge on any atom is 0.221 e. The van der Waals surface area contributed by atoms with Crippen molar-refractivity contribution in [2.75, 3.05) is 39.9 Å². The molecule has 0 aliphatic carbocycles. The van der Waals surface area contributed by atoms with Crippen molar-refractivity contribution in [1.82, 2.24) is 15.5 Å². The number of hydrogen-bond donors (Lipinski definition) is 2. The highest BCUT2D eigenvalue weighted by Gasteiger charge is 2.31. The van der Waals surface area contributed by atoms with Gasteiger partial charge in [-0.3, -0.25) is 9.69 Å². The molecule has 1 aromatic heterocycles. The lowest BCUT2D eigenvalue weighted by molar-refractivity contribution is -0.122. The number of carbonyl (C=O) groups is 1. The second-order valence-corrected chi connectivity index (χ2v) is 7.56. The molecule has 0 radical (unpaired) electrons. The first-order valence-corrected chi connectivity index (χ1v) is 9.43. The van der Waals surface area contributed by atoms with Gasteiger partial charge in [0.05, 0.1) is 13.2 Å². The highest BCUT2D eigenvalue weighted by molar-refractivity contribution is 7.10. The Balaban J connectivity index is 0.00000156. The van der Waals surface area contributed by atoms with E-state index in [0.717, 1.165) is 26.2 Å². The van der Waals surface area contributed by atoms with Crippen LogP contribution in [-0.4, -0.2) is 56.7 Å². The zero-order valence-electron chi connectivity index (χ0n) is 14.6. The largest absolute Gasteiger partial charge is 0.378 e. The topological polar surface area (TPSA) is 53.6 Å². The molecule has 0 aromatic carbocycles. The number of nitrogens with one attached hydrogen (secondary N) is 2. The van der Waals surface area contributed by atoms with Crippen LogP contribution in [0.1, 0.15) is 30.2 Å². The number of hydrogen-bond acceptors (Lipinski definition) is 5. The normalized spacial score (nSPS) is 27.0. The first-order valence-electron chi connectivity index (χ1n) is 8.55. The molecule has 8 heteroatoms. The molecule has 3 atom stereocenters. The fraction of sp³-hybridized carbons (Fsp3) is 0.706. The fourth-order valence-electron chi connectivity index (χ4n) is 3.67. The average molecular weight is 410 g/mol. The van der Waals surface area contributed by atoms with Crippen LogP contribution in [0.2, 0.25) is 0 Å². The van der Waals surface area contributed by atoms with Crippen LogP contribution in [0, 0.1) is 5.92 Å². The molecule has 0 bridgehead atoms. The number of likely N-dealkylation sites (tertiary alicyclic amines) is 1. The van der Waals surface area contributed by atoms with E-state index in [9.17, 15) is 4.79 Å². The summed E-state index contributed by atoms with van der Waals surface area (Å²) < 4.78 is 5.41. The molecule has 144 valence electrons. The highest BCUT2D eigenvalue weighted by Crippen LogP contribution is 2.36. The van der Waals surface area contributed by atoms with Gasteiger partial charge >= 0.3 is 0 Å². The third-order valence-electron chi connectivity index (χ3n) is 4.83. The van der Waals surface area contributed by atoms with Gasteiger partial charge in [-0.05, 0) is 43.8 Å². The molecule has 2 fully saturated rings. The first kappa shape index (κ1) is 22.7. The molecule has 2 N–H and O–H groups in total. The Labute approximate surface area is 166 Å². The minimum Gasteiger partial charge on any atom is -0.378 e. The van der Waals surface area contributed by atoms with Gasteiger partial charge in [0.1, 0.15) is 0 Å². The van der Waals surface area contributed by atoms with Crippen LogP contribution in [0.5, 0.6) is 0 Å². The van der Waals surface area contributed by atoms with Crippen molar-refractivity contribution in [2.45, 2.75) is 31.3 Å². The summed E-state index contributed by atoms with van der Waals surface area (Å²) in [6, 6.07) is 4.92. The monoisotopic (exact) mass is 409 g/mol. The van der Waals surface area contributed by atoms with Gasteiger partial charge in [0, 0.05) is 36.5 Å². The summed E-state index contributed by atoms with van der Waals surface area (Å²) in [5, 5.41) is 8.63. The maximum atomic E-state index is 12.2. The molecule has 0 saturated carbocycles. The van der Waals surface area contributed by atoms with E-state index in [-0.39, 0.29) is 36.8 Å². The van der Waals surface area contributed by atoms with Crippen LogP contribution in [-0.2, 0) is 9.53 Å². The second-order valence-electron chi connectivity index (χ2n) is 6.58. The third-order valence-corrected chi connectivity index (χ3v) is 5.78. The Morgan fingerprint density at radius 3 is 3.00 bits per heavy atom. The number of rotatable bonds is 5. The summed E-state index contributed by atoms with van der Waals surface area (Å²) in [6.07, 6.45) is 2.89. The van der Waals surface area contributed by atoms with Gasteiger partial charge in [0.25, 0.3) is 0 Å². The zero-order chi connectivity index (χ0) is 16.1. The van der Waals surface area contributed by atoms with Gasteiger partial charge in [0.15, 0.2) is 0 Å². The van der Waals surface area contributed by atoms with Gasteiger partial charge in [0.2, 0.25) is 5.91 Å². The van der Waals surface area contributed by atoms with Crippen LogP contribution in [0.15, 0.2) is 17.5 Å². The molecule has 2 saturated heterocycles. The molecule has 1 amide bonds. The number of morpholine rings is 1. The molecular formula is C17H29Cl2N3O2S. The lowest BCUT2D eigenvalue weighted by atomic mass is 9.88. The summed E-state index contributed by atoms with van der Waals surface area (Å²) in [7, 11) is 2.20. The van der Waals surface area contributed by atoms with Crippen LogP contribution in [0.4, 0.5) is 0 Å². The number of thiophene rings is 1. The van der Waals surface area contributed by atoms with Crippen molar-refractivity contribution in [2.24, 2.45) is 5.92 Å². The van der Waals surface area contributed by atoms with E-state index < -0.39 is 0 Å². The molecule has 2 aliphatic rings. The average Bonchev–Trinajstić information content (AvgIpc) is 3.08. The summed E-state index contributed by atoms with van der Waals surface area (Å²) >= 11 is 1.82. The minimum absolute atomic E-state index is 0. The van der Waals surface area contributed by atoms with E-state index in [2.05, 4.69) is 40.1 Å². The quantitative estimate of drug-likeness (QED) is 0.783. The van der Waals surface area contributed by atoms with Gasteiger partial charge in [-0.2, -0.15) is 0 Å². The van der Waals surface area contributed by atoms with Crippen LogP contribution < -0.4 is 10.6 Å². The van der Waals surface area contributed by atoms with E-state index in [1.807, 2.05) is 11.3 Å². The van der Waals surface area contributed by atoms with Crippen molar-refractivity contribution in [3.05, 3.63) is 22.4 Å². The molecule has 2 aliphatic heterocycles. The van der Waals surface area contributed by atoms with Crippen LogP contribution in [0.25, 0.3) is 0 Å². The van der Waals surface area contributed by atoms with E-state index in [1.54, 1.807) is 0 Å². The predicted molar refractivity (Wildman–Crippen MR) is 107 cm³/mol. The minimum atomic E-state index is 0. The number of carbonyl (C=O) groups excluding carboxylic acids is 1. The lowest BCUT2D eigenvalue weighted by Crippen LogP contribution is -2.46. The summed E-state index contributed by atoms with van der Waals surface area (Å²) in [5.74, 6) is 0.623. The fourth-order valence-corrected chi connectivity index (χ4v) is 4.66. The van der Waals surface area contributed by atoms with E-state index in [0.29, 0.717) is 25.0 Å². The maximum absolute atomic E-state index is 12.2. The number of halogens is 2. The molecule has 3 unspecified atom stereocenters. The van der Waals surface area contributed by atoms with Crippen molar-refractivity contribution in [1.29, 1.82) is 0 Å². The Bertz CT molecular complexity index is 498. The number of amides is 1. The highest BCUT2D eigenvalue weighted by atomic mass is 35.5. The van der Waals surface area contributed by atoms with E-state index in [1.165, 1.54) is 17.7 Å². The number of piperidine rings is 1. The first-order chi connectivity index (χ1) is 11.2. The van der Waals surface area contributed by atoms with Crippen molar-refractivity contribution in [3.63, 3.8) is 0 Å². The lowest BCUT2D eigenvalue weighted by Gasteiger charge is -2.39. The SMILES string of the molecule is CN1CCCC(CNC(=O)CC2COCCN2)C1c1cccs1.Cl.Cl. The summed E-state index contributed by atoms with van der Waals surface area (Å²) in [5.41, 5.74) is 0. The smallest absolute Gasteiger partial charge is 0.221 e. The Morgan fingerprint density at radius 1 is 1.48 bits per heavy atom. The van der Waals surface area contributed by atoms with Gasteiger partial charge in [-0.1, -0.05) is 6.07 Å². The predicted octanol–water partition coefficient (Wildman–Crippen LogP) is 2.47. The van der Waals surface area contributed by atoms with Crippen LogP contribution in [0.3, 0.4) is 0 Å². The molecule has 1 aromatic rings. The Morgan fingerprint density at radius 2 is 2.32 bits per heavy atom. The van der Waals surface area contributed by atoms with Gasteiger partial charge < -0.3 is 15.4 Å². The molecule has 25 heavy (non-hydrogen) atoms. The Kier molecular flexibility index (Phi) is 10.3. The van der Waals surface area contributed by atoms with Crippen molar-refractivity contribution >= 4 is 42.1 Å². The number of nitrogens with zero attached hydrogens (tertiary/aromatic N) is 1. The molecule has 5 nitrogen and oxygen atoms in total. The van der Waals surface area contributed by atoms with E-state index in [4.69, 9.17) is 4.74 Å². The molecule has 0 spiro atoms. The summed E-state index contributed by atoms with van der Waals surface area (Å²) in [6.45, 7) is 4.12. The zero-order valence-corrected chi connectivity index (χ0v) is 17.1. The molecular weight excluding hydrogens is 381 g/mol. The van der Waals surface area contributed by atoms with Crippen molar-refractivity contribution < 1.29 is 9.53 Å². The van der Waals surface area contributed by atoms with Crippen LogP contribution >= 0.6 is 36.2 Å². The third kappa shape index (κ3) is 6.38. The standard InChI is InChI=1S/C17H27N3O2S.2ClH/c1-20-7-2-4-13(17(20)15-5-3-9-23-15)11-19-16(21)10-14-12-22-8-6-18-14;;/h3,5,9,13-14,17-18H,2,4,6-8,10-12H2,1H3,(H,19,21);2*1H. The molecule has 3 rings (SSSR count). The van der Waals surface area contributed by atoms with E-state index >= 15 is 0 Å². The van der Waals surface area contributed by atoms with Gasteiger partial charge in [-0.25, -0.2) is 0 Å². The molecule has 3 heterocycles. The van der Waals surface area contributed by atoms with Gasteiger partial charge in [-0.15, -0.1) is 36.2 Å². The van der Waals surface area contributed by atoms with Crippen molar-refractivity contribution in [3.8, 4) is 0 Å². The Hall–Kier alpha value is -0.370. The number of ether oxygens (including phenoxy) is 1. The second kappa shape index (κ2) is 11.4.